The maximum atomic E-state index is 2.32. The van der Waals surface area contributed by atoms with Crippen LogP contribution in [0.2, 0.25) is 0 Å². The second-order valence-corrected chi connectivity index (χ2v) is 7.77. The van der Waals surface area contributed by atoms with E-state index in [9.17, 15) is 0 Å². The highest BCUT2D eigenvalue weighted by Crippen LogP contribution is 2.33. The summed E-state index contributed by atoms with van der Waals surface area (Å²) in [5.41, 5.74) is 11.6. The number of hydrogen-bond acceptors (Lipinski definition) is 0. The molecular formula is C29H28. The summed E-state index contributed by atoms with van der Waals surface area (Å²) in [5.74, 6) is 0. The molecule has 4 rings (SSSR count). The van der Waals surface area contributed by atoms with E-state index in [1.54, 1.807) is 0 Å². The van der Waals surface area contributed by atoms with Crippen molar-refractivity contribution in [1.29, 1.82) is 0 Å². The monoisotopic (exact) mass is 376 g/mol. The Morgan fingerprint density at radius 2 is 0.724 bits per heavy atom. The summed E-state index contributed by atoms with van der Waals surface area (Å²) < 4.78 is 0. The maximum absolute atomic E-state index is 2.32. The molecule has 29 heavy (non-hydrogen) atoms. The third-order valence-electron chi connectivity index (χ3n) is 5.71. The molecule has 0 heteroatoms. The molecule has 0 nitrogen and oxygen atoms in total. The highest BCUT2D eigenvalue weighted by atomic mass is 14.1. The molecule has 0 unspecified atom stereocenters. The first-order valence-electron chi connectivity index (χ1n) is 10.6. The first kappa shape index (κ1) is 19.2. The van der Waals surface area contributed by atoms with Crippen molar-refractivity contribution >= 4 is 0 Å². The molecule has 0 saturated carbocycles. The van der Waals surface area contributed by atoms with Crippen LogP contribution < -0.4 is 0 Å². The number of aryl methyl sites for hydroxylation is 3. The van der Waals surface area contributed by atoms with Gasteiger partial charge in [-0.15, -0.1) is 0 Å². The van der Waals surface area contributed by atoms with Crippen LogP contribution in [-0.2, 0) is 12.8 Å². The van der Waals surface area contributed by atoms with E-state index in [0.717, 1.165) is 12.8 Å². The topological polar surface area (TPSA) is 0 Å². The van der Waals surface area contributed by atoms with Gasteiger partial charge in [0.2, 0.25) is 0 Å². The second-order valence-electron chi connectivity index (χ2n) is 7.77. The fraction of sp³-hybridized carbons (Fsp3) is 0.172. The van der Waals surface area contributed by atoms with Crippen LogP contribution in [0.25, 0.3) is 33.4 Å². The Morgan fingerprint density at radius 3 is 1.03 bits per heavy atom. The SMILES string of the molecule is CCc1ccc(-c2cc(-c3ccc(C)cc3)cc(-c3ccc(CC)cc3)c2)cc1. The molecule has 0 N–H and O–H groups in total. The normalized spacial score (nSPS) is 10.9. The molecule has 0 saturated heterocycles. The average Bonchev–Trinajstić information content (AvgIpc) is 2.79. The van der Waals surface area contributed by atoms with Crippen LogP contribution in [0, 0.1) is 6.92 Å². The van der Waals surface area contributed by atoms with Crippen LogP contribution in [0.15, 0.2) is 91.0 Å². The van der Waals surface area contributed by atoms with Gasteiger partial charge in [0, 0.05) is 0 Å². The zero-order valence-electron chi connectivity index (χ0n) is 17.6. The van der Waals surface area contributed by atoms with Gasteiger partial charge in [-0.25, -0.2) is 0 Å². The summed E-state index contributed by atoms with van der Waals surface area (Å²) in [5, 5.41) is 0. The lowest BCUT2D eigenvalue weighted by Gasteiger charge is -2.12. The van der Waals surface area contributed by atoms with E-state index in [1.807, 2.05) is 0 Å². The lowest BCUT2D eigenvalue weighted by atomic mass is 9.92. The van der Waals surface area contributed by atoms with E-state index < -0.39 is 0 Å². The number of rotatable bonds is 5. The molecule has 0 bridgehead atoms. The van der Waals surface area contributed by atoms with Crippen molar-refractivity contribution < 1.29 is 0 Å². The fourth-order valence-corrected chi connectivity index (χ4v) is 3.74. The van der Waals surface area contributed by atoms with Crippen LogP contribution in [0.4, 0.5) is 0 Å². The van der Waals surface area contributed by atoms with Crippen LogP contribution >= 0.6 is 0 Å². The minimum absolute atomic E-state index is 1.07. The fourth-order valence-electron chi connectivity index (χ4n) is 3.74. The Hall–Kier alpha value is -3.12. The second kappa shape index (κ2) is 8.49. The van der Waals surface area contributed by atoms with Crippen LogP contribution in [-0.4, -0.2) is 0 Å². The third-order valence-corrected chi connectivity index (χ3v) is 5.71. The first-order valence-corrected chi connectivity index (χ1v) is 10.6. The number of benzene rings is 4. The van der Waals surface area contributed by atoms with Crippen molar-refractivity contribution in [3.63, 3.8) is 0 Å². The van der Waals surface area contributed by atoms with Gasteiger partial charge < -0.3 is 0 Å². The molecule has 0 spiro atoms. The quantitative estimate of drug-likeness (QED) is 0.330. The van der Waals surface area contributed by atoms with Crippen molar-refractivity contribution in [3.8, 4) is 33.4 Å². The van der Waals surface area contributed by atoms with Crippen molar-refractivity contribution in [2.24, 2.45) is 0 Å². The summed E-state index contributed by atoms with van der Waals surface area (Å²) in [7, 11) is 0. The summed E-state index contributed by atoms with van der Waals surface area (Å²) in [4.78, 5) is 0. The molecule has 144 valence electrons. The van der Waals surface area contributed by atoms with Gasteiger partial charge in [0.15, 0.2) is 0 Å². The molecular weight excluding hydrogens is 348 g/mol. The zero-order chi connectivity index (χ0) is 20.2. The molecule has 0 aromatic heterocycles. The lowest BCUT2D eigenvalue weighted by molar-refractivity contribution is 1.14. The van der Waals surface area contributed by atoms with E-state index in [1.165, 1.54) is 50.1 Å². The first-order chi connectivity index (χ1) is 14.2. The van der Waals surface area contributed by atoms with Gasteiger partial charge in [-0.2, -0.15) is 0 Å². The van der Waals surface area contributed by atoms with Gasteiger partial charge in [0.25, 0.3) is 0 Å². The highest BCUT2D eigenvalue weighted by Gasteiger charge is 2.08. The largest absolute Gasteiger partial charge is 0.0613 e. The van der Waals surface area contributed by atoms with E-state index in [4.69, 9.17) is 0 Å². The minimum Gasteiger partial charge on any atom is -0.0613 e. The molecule has 0 fully saturated rings. The summed E-state index contributed by atoms with van der Waals surface area (Å²) in [6, 6.07) is 33.7. The summed E-state index contributed by atoms with van der Waals surface area (Å²) >= 11 is 0. The van der Waals surface area contributed by atoms with E-state index in [-0.39, 0.29) is 0 Å². The molecule has 0 amide bonds. The maximum Gasteiger partial charge on any atom is -0.0172 e. The smallest absolute Gasteiger partial charge is 0.0172 e. The van der Waals surface area contributed by atoms with Crippen molar-refractivity contribution in [2.75, 3.05) is 0 Å². The van der Waals surface area contributed by atoms with Crippen LogP contribution in [0.3, 0.4) is 0 Å². The molecule has 0 aliphatic rings. The Kier molecular flexibility index (Phi) is 5.62. The van der Waals surface area contributed by atoms with Gasteiger partial charge in [-0.1, -0.05) is 92.2 Å². The third kappa shape index (κ3) is 4.32. The highest BCUT2D eigenvalue weighted by molar-refractivity contribution is 5.81. The predicted molar refractivity (Wildman–Crippen MR) is 126 cm³/mol. The van der Waals surface area contributed by atoms with Crippen molar-refractivity contribution in [3.05, 3.63) is 108 Å². The van der Waals surface area contributed by atoms with Gasteiger partial charge in [0.05, 0.1) is 0 Å². The van der Waals surface area contributed by atoms with Crippen LogP contribution in [0.5, 0.6) is 0 Å². The summed E-state index contributed by atoms with van der Waals surface area (Å²) in [6.07, 6.45) is 2.14. The minimum atomic E-state index is 1.07. The Balaban J connectivity index is 1.84. The predicted octanol–water partition coefficient (Wildman–Crippen LogP) is 8.12. The molecule has 4 aromatic carbocycles. The molecule has 0 radical (unpaired) electrons. The number of hydrogen-bond donors (Lipinski definition) is 0. The van der Waals surface area contributed by atoms with Crippen molar-refractivity contribution in [1.82, 2.24) is 0 Å². The van der Waals surface area contributed by atoms with Gasteiger partial charge >= 0.3 is 0 Å². The Bertz CT molecular complexity index is 1020. The molecule has 0 aliphatic heterocycles. The van der Waals surface area contributed by atoms with Gasteiger partial charge in [-0.05, 0) is 82.5 Å². The summed E-state index contributed by atoms with van der Waals surface area (Å²) in [6.45, 7) is 6.53. The molecule has 0 heterocycles. The van der Waals surface area contributed by atoms with Crippen LogP contribution in [0.1, 0.15) is 30.5 Å². The Labute approximate surface area is 174 Å². The molecule has 0 aliphatic carbocycles. The van der Waals surface area contributed by atoms with E-state index in [2.05, 4.69) is 112 Å². The van der Waals surface area contributed by atoms with Gasteiger partial charge in [0.1, 0.15) is 0 Å². The average molecular weight is 377 g/mol. The van der Waals surface area contributed by atoms with E-state index in [0.29, 0.717) is 0 Å². The lowest BCUT2D eigenvalue weighted by Crippen LogP contribution is -1.88. The zero-order valence-corrected chi connectivity index (χ0v) is 17.6. The van der Waals surface area contributed by atoms with Gasteiger partial charge in [-0.3, -0.25) is 0 Å². The molecule has 0 atom stereocenters. The van der Waals surface area contributed by atoms with E-state index >= 15 is 0 Å². The standard InChI is InChI=1S/C29H28/c1-4-22-8-14-25(15-9-22)28-18-27(24-12-6-21(3)7-13-24)19-29(20-28)26-16-10-23(5-2)11-17-26/h6-20H,4-5H2,1-3H3. The Morgan fingerprint density at radius 1 is 0.414 bits per heavy atom. The van der Waals surface area contributed by atoms with Crippen molar-refractivity contribution in [2.45, 2.75) is 33.6 Å². The molecule has 4 aromatic rings.